The van der Waals surface area contributed by atoms with Crippen LogP contribution >= 0.6 is 0 Å². The van der Waals surface area contributed by atoms with Gasteiger partial charge in [0.1, 0.15) is 0 Å². The Hall–Kier alpha value is -1.43. The van der Waals surface area contributed by atoms with E-state index in [0.29, 0.717) is 0 Å². The maximum absolute atomic E-state index is 10.6. The first kappa shape index (κ1) is 25.6. The van der Waals surface area contributed by atoms with Crippen molar-refractivity contribution in [1.29, 1.82) is 0 Å². The minimum Gasteiger partial charge on any atom is -0.264 e. The first-order valence-corrected chi connectivity index (χ1v) is 11.2. The minimum absolute atomic E-state index is 0.0417. The van der Waals surface area contributed by atoms with Crippen molar-refractivity contribution in [3.63, 3.8) is 0 Å². The molecule has 0 aliphatic carbocycles. The summed E-state index contributed by atoms with van der Waals surface area (Å²) in [5, 5.41) is 0. The second-order valence-corrected chi connectivity index (χ2v) is 7.36. The summed E-state index contributed by atoms with van der Waals surface area (Å²) in [6.45, 7) is 4.16. The molecular weight excluding hydrogens is 360 g/mol. The van der Waals surface area contributed by atoms with E-state index in [2.05, 4.69) is 71.9 Å². The van der Waals surface area contributed by atoms with Crippen molar-refractivity contribution in [2.24, 2.45) is 5.92 Å². The molecule has 154 valence electrons. The van der Waals surface area contributed by atoms with Gasteiger partial charge in [-0.05, 0) is 50.9 Å². The Kier molecular flexibility index (Phi) is 17.0. The summed E-state index contributed by atoms with van der Waals surface area (Å²) in [7, 11) is -4.33. The van der Waals surface area contributed by atoms with Crippen LogP contribution in [0.15, 0.2) is 60.8 Å². The van der Waals surface area contributed by atoms with Crippen molar-refractivity contribution in [2.45, 2.75) is 65.2 Å². The lowest BCUT2D eigenvalue weighted by Crippen LogP contribution is -2.13. The third kappa shape index (κ3) is 20.7. The molecule has 27 heavy (non-hydrogen) atoms. The average Bonchev–Trinajstić information content (AvgIpc) is 2.63. The van der Waals surface area contributed by atoms with Crippen LogP contribution in [-0.4, -0.2) is 19.6 Å². The summed E-state index contributed by atoms with van der Waals surface area (Å²) in [5.41, 5.74) is 0. The quantitative estimate of drug-likeness (QED) is 0.243. The molecule has 5 heteroatoms. The monoisotopic (exact) mass is 396 g/mol. The lowest BCUT2D eigenvalue weighted by Gasteiger charge is -2.11. The Bertz CT molecular complexity index is 583. The van der Waals surface area contributed by atoms with Gasteiger partial charge < -0.3 is 0 Å². The lowest BCUT2D eigenvalue weighted by atomic mass is 10.0. The fourth-order valence-corrected chi connectivity index (χ4v) is 2.65. The van der Waals surface area contributed by atoms with E-state index in [1.54, 1.807) is 0 Å². The van der Waals surface area contributed by atoms with Crippen molar-refractivity contribution in [3.8, 4) is 0 Å². The smallest absolute Gasteiger partial charge is 0.264 e. The van der Waals surface area contributed by atoms with Gasteiger partial charge in [-0.15, -0.1) is 0 Å². The molecule has 0 aromatic rings. The van der Waals surface area contributed by atoms with Gasteiger partial charge >= 0.3 is 10.4 Å². The van der Waals surface area contributed by atoms with Gasteiger partial charge in [0.25, 0.3) is 0 Å². The van der Waals surface area contributed by atoms with Crippen LogP contribution in [0.1, 0.15) is 65.2 Å². The highest BCUT2D eigenvalue weighted by molar-refractivity contribution is 7.80. The van der Waals surface area contributed by atoms with Crippen molar-refractivity contribution >= 4 is 10.4 Å². The molecule has 1 unspecified atom stereocenters. The summed E-state index contributed by atoms with van der Waals surface area (Å²) in [6.07, 6.45) is 29.1. The Morgan fingerprint density at radius 3 is 1.63 bits per heavy atom. The Balaban J connectivity index is 3.72. The summed E-state index contributed by atoms with van der Waals surface area (Å²) >= 11 is 0. The van der Waals surface area contributed by atoms with Crippen molar-refractivity contribution in [3.05, 3.63) is 60.8 Å². The maximum atomic E-state index is 10.6. The predicted octanol–water partition coefficient (Wildman–Crippen LogP) is 6.36. The van der Waals surface area contributed by atoms with E-state index in [1.165, 1.54) is 0 Å². The minimum atomic E-state index is -4.33. The van der Waals surface area contributed by atoms with Gasteiger partial charge in [-0.3, -0.25) is 4.55 Å². The third-order valence-electron chi connectivity index (χ3n) is 3.93. The average molecular weight is 397 g/mol. The number of allylic oxidation sites excluding steroid dienone is 10. The lowest BCUT2D eigenvalue weighted by molar-refractivity contribution is 0.213. The first-order chi connectivity index (χ1) is 13.0. The van der Waals surface area contributed by atoms with Crippen LogP contribution in [0.3, 0.4) is 0 Å². The summed E-state index contributed by atoms with van der Waals surface area (Å²) in [5.74, 6) is 0.133. The van der Waals surface area contributed by atoms with Crippen molar-refractivity contribution < 1.29 is 17.2 Å². The van der Waals surface area contributed by atoms with Crippen LogP contribution in [0.2, 0.25) is 0 Å². The molecule has 0 saturated heterocycles. The van der Waals surface area contributed by atoms with Crippen LogP contribution < -0.4 is 0 Å². The highest BCUT2D eigenvalue weighted by atomic mass is 32.3. The Morgan fingerprint density at radius 1 is 0.778 bits per heavy atom. The van der Waals surface area contributed by atoms with Gasteiger partial charge in [0, 0.05) is 0 Å². The van der Waals surface area contributed by atoms with Gasteiger partial charge in [0.15, 0.2) is 0 Å². The second kappa shape index (κ2) is 18.0. The molecule has 0 spiro atoms. The fraction of sp³-hybridized carbons (Fsp3) is 0.545. The molecule has 0 rings (SSSR count). The molecule has 0 aliphatic heterocycles. The van der Waals surface area contributed by atoms with Gasteiger partial charge in [-0.2, -0.15) is 8.42 Å². The molecule has 0 fully saturated rings. The molecule has 0 aromatic carbocycles. The highest BCUT2D eigenvalue weighted by Crippen LogP contribution is 2.13. The number of rotatable bonds is 16. The van der Waals surface area contributed by atoms with E-state index < -0.39 is 10.4 Å². The zero-order valence-corrected chi connectivity index (χ0v) is 17.6. The summed E-state index contributed by atoms with van der Waals surface area (Å²) in [4.78, 5) is 0. The number of hydrogen-bond donors (Lipinski definition) is 1. The van der Waals surface area contributed by atoms with Crippen molar-refractivity contribution in [1.82, 2.24) is 0 Å². The van der Waals surface area contributed by atoms with Crippen LogP contribution in [0.25, 0.3) is 0 Å². The van der Waals surface area contributed by atoms with Gasteiger partial charge in [-0.1, -0.05) is 81.0 Å². The molecule has 0 aromatic heterocycles. The van der Waals surface area contributed by atoms with E-state index >= 15 is 0 Å². The highest BCUT2D eigenvalue weighted by Gasteiger charge is 2.11. The molecule has 4 nitrogen and oxygen atoms in total. The topological polar surface area (TPSA) is 63.6 Å². The van der Waals surface area contributed by atoms with Gasteiger partial charge in [0.05, 0.1) is 6.61 Å². The normalized spacial score (nSPS) is 14.6. The molecule has 0 heterocycles. The van der Waals surface area contributed by atoms with E-state index in [0.717, 1.165) is 51.4 Å². The Labute approximate surface area is 166 Å². The van der Waals surface area contributed by atoms with E-state index in [4.69, 9.17) is 4.55 Å². The van der Waals surface area contributed by atoms with Crippen LogP contribution in [0.4, 0.5) is 0 Å². The van der Waals surface area contributed by atoms with Gasteiger partial charge in [0.2, 0.25) is 0 Å². The summed E-state index contributed by atoms with van der Waals surface area (Å²) < 4.78 is 34.2. The first-order valence-electron chi connectivity index (χ1n) is 9.86. The predicted molar refractivity (Wildman–Crippen MR) is 115 cm³/mol. The van der Waals surface area contributed by atoms with E-state index in [1.807, 2.05) is 6.92 Å². The fourth-order valence-electron chi connectivity index (χ4n) is 2.29. The molecule has 0 saturated carbocycles. The molecule has 0 radical (unpaired) electrons. The largest absolute Gasteiger partial charge is 0.397 e. The molecule has 0 bridgehead atoms. The van der Waals surface area contributed by atoms with Crippen molar-refractivity contribution in [2.75, 3.05) is 6.61 Å². The maximum Gasteiger partial charge on any atom is 0.397 e. The zero-order chi connectivity index (χ0) is 20.2. The van der Waals surface area contributed by atoms with E-state index in [9.17, 15) is 8.42 Å². The van der Waals surface area contributed by atoms with Crippen LogP contribution in [0, 0.1) is 5.92 Å². The molecule has 0 amide bonds. The zero-order valence-electron chi connectivity index (χ0n) is 16.8. The molecule has 0 aliphatic rings. The standard InChI is InChI=1S/C22H36O4S/c1-3-5-6-7-8-9-10-11-12-13-14-15-16-17-18-19-20-22(4-2)21-26-27(23,24)25/h5-6,8-9,11-12,14-15,17-18,22H,3-4,7,10,13,16,19-21H2,1-2H3,(H,23,24,25). The Morgan fingerprint density at radius 2 is 1.22 bits per heavy atom. The summed E-state index contributed by atoms with van der Waals surface area (Å²) in [6, 6.07) is 0. The van der Waals surface area contributed by atoms with Crippen LogP contribution in [0.5, 0.6) is 0 Å². The molecule has 1 N–H and O–H groups in total. The number of hydrogen-bond acceptors (Lipinski definition) is 3. The third-order valence-corrected chi connectivity index (χ3v) is 4.36. The second-order valence-electron chi connectivity index (χ2n) is 6.27. The van der Waals surface area contributed by atoms with Gasteiger partial charge in [-0.25, -0.2) is 4.18 Å². The molecule has 1 atom stereocenters. The molecular formula is C22H36O4S. The van der Waals surface area contributed by atoms with Crippen LogP contribution in [-0.2, 0) is 14.6 Å². The SMILES string of the molecule is CCC=CCC=CCC=CCC=CCC=CCCC(CC)COS(=O)(=O)O. The van der Waals surface area contributed by atoms with E-state index in [-0.39, 0.29) is 12.5 Å².